The molecule has 3 aromatic carbocycles. The van der Waals surface area contributed by atoms with Gasteiger partial charge in [0.1, 0.15) is 12.1 Å². The summed E-state index contributed by atoms with van der Waals surface area (Å²) < 4.78 is 27.5. The summed E-state index contributed by atoms with van der Waals surface area (Å²) in [6.07, 6.45) is 4.73. The van der Waals surface area contributed by atoms with Gasteiger partial charge in [-0.05, 0) is 79.8 Å². The zero-order valence-corrected chi connectivity index (χ0v) is 24.1. The largest absolute Gasteiger partial charge is 0.480 e. The lowest BCUT2D eigenvalue weighted by atomic mass is 9.97. The normalized spacial score (nSPS) is 16.3. The van der Waals surface area contributed by atoms with E-state index in [0.717, 1.165) is 42.4 Å². The van der Waals surface area contributed by atoms with E-state index in [1.165, 1.54) is 22.0 Å². The van der Waals surface area contributed by atoms with Gasteiger partial charge in [-0.1, -0.05) is 66.7 Å². The number of nitrogens with one attached hydrogen (secondary N) is 2. The highest BCUT2D eigenvalue weighted by Gasteiger charge is 2.40. The van der Waals surface area contributed by atoms with Crippen LogP contribution in [0.25, 0.3) is 11.1 Å². The molecule has 8 nitrogen and oxygen atoms in total. The molecule has 216 valence electrons. The quantitative estimate of drug-likeness (QED) is 0.194. The lowest BCUT2D eigenvalue weighted by Crippen LogP contribution is -2.51. The minimum Gasteiger partial charge on any atom is -0.480 e. The third kappa shape index (κ3) is 7.89. The number of sulfonamides is 1. The number of carbonyl (C=O) groups is 2. The first-order chi connectivity index (χ1) is 19.6. The molecule has 0 spiro atoms. The fourth-order valence-corrected chi connectivity index (χ4v) is 6.86. The first kappa shape index (κ1) is 30.1. The number of rotatable bonds is 13. The van der Waals surface area contributed by atoms with Crippen LogP contribution in [0.2, 0.25) is 0 Å². The number of unbranched alkanes of at least 4 members (excludes halogenated alkanes) is 1. The molecule has 0 radical (unpaired) electrons. The van der Waals surface area contributed by atoms with Gasteiger partial charge in [0.15, 0.2) is 0 Å². The number of carboxylic acid groups (broad SMARTS) is 1. The van der Waals surface area contributed by atoms with Crippen LogP contribution in [0.3, 0.4) is 0 Å². The van der Waals surface area contributed by atoms with E-state index >= 15 is 0 Å². The summed E-state index contributed by atoms with van der Waals surface area (Å²) in [7, 11) is -3.88. The molecule has 41 heavy (non-hydrogen) atoms. The maximum Gasteiger partial charge on any atom is 0.326 e. The van der Waals surface area contributed by atoms with Crippen molar-refractivity contribution in [3.8, 4) is 11.1 Å². The monoisotopic (exact) mass is 575 g/mol. The Kier molecular flexibility index (Phi) is 10.1. The minimum absolute atomic E-state index is 0.0754. The number of carbonyl (C=O) groups excluding carboxylic acids is 1. The summed E-state index contributed by atoms with van der Waals surface area (Å²) in [6.45, 7) is 2.04. The molecule has 0 aliphatic carbocycles. The van der Waals surface area contributed by atoms with Gasteiger partial charge in [0, 0.05) is 18.7 Å². The van der Waals surface area contributed by atoms with E-state index in [1.54, 1.807) is 18.2 Å². The van der Waals surface area contributed by atoms with Crippen LogP contribution in [-0.4, -0.2) is 54.0 Å². The van der Waals surface area contributed by atoms with Gasteiger partial charge in [0.05, 0.1) is 4.90 Å². The molecule has 1 saturated heterocycles. The Balaban J connectivity index is 1.40. The Morgan fingerprint density at radius 1 is 0.976 bits per heavy atom. The molecule has 1 amide bonds. The van der Waals surface area contributed by atoms with Gasteiger partial charge < -0.3 is 15.8 Å². The minimum atomic E-state index is -3.88. The van der Waals surface area contributed by atoms with Crippen molar-refractivity contribution in [2.24, 2.45) is 0 Å². The molecular formula is C32H37N3O5S. The number of carboxylic acids is 1. The maximum atomic E-state index is 13.1. The lowest BCUT2D eigenvalue weighted by Gasteiger charge is -2.25. The number of aryl methyl sites for hydroxylation is 1. The third-order valence-electron chi connectivity index (χ3n) is 7.39. The highest BCUT2D eigenvalue weighted by atomic mass is 32.2. The highest BCUT2D eigenvalue weighted by molar-refractivity contribution is 7.89. The van der Waals surface area contributed by atoms with Crippen molar-refractivity contribution < 1.29 is 23.1 Å². The Bertz CT molecular complexity index is 1470. The molecule has 3 aromatic rings. The molecule has 0 bridgehead atoms. The molecule has 1 heterocycles. The number of hydrogen-bond acceptors (Lipinski definition) is 5. The topological polar surface area (TPSA) is 128 Å². The molecule has 0 aromatic heterocycles. The molecule has 1 aliphatic heterocycles. The van der Waals surface area contributed by atoms with Crippen LogP contribution in [0.4, 0.5) is 0 Å². The number of nitrogens with zero attached hydrogens (tertiary/aromatic N) is 1. The predicted molar refractivity (Wildman–Crippen MR) is 159 cm³/mol. The molecule has 4 rings (SSSR count). The average molecular weight is 576 g/mol. The first-order valence-electron chi connectivity index (χ1n) is 14.0. The number of amides is 1. The summed E-state index contributed by atoms with van der Waals surface area (Å²) >= 11 is 0. The van der Waals surface area contributed by atoms with Crippen LogP contribution in [0, 0.1) is 5.41 Å². The maximum absolute atomic E-state index is 13.1. The molecule has 0 saturated carbocycles. The molecule has 1 unspecified atom stereocenters. The van der Waals surface area contributed by atoms with Gasteiger partial charge >= 0.3 is 5.97 Å². The number of aliphatic carboxylic acids is 1. The van der Waals surface area contributed by atoms with Crippen molar-refractivity contribution >= 4 is 27.6 Å². The zero-order chi connectivity index (χ0) is 29.4. The van der Waals surface area contributed by atoms with Crippen molar-refractivity contribution in [3.63, 3.8) is 0 Å². The van der Waals surface area contributed by atoms with Gasteiger partial charge in [-0.2, -0.15) is 4.31 Å². The van der Waals surface area contributed by atoms with Crippen LogP contribution >= 0.6 is 0 Å². The van der Waals surface area contributed by atoms with Gasteiger partial charge in [0.25, 0.3) is 0 Å². The first-order valence-corrected chi connectivity index (χ1v) is 15.4. The Labute approximate surface area is 242 Å². The van der Waals surface area contributed by atoms with E-state index in [2.05, 4.69) is 17.4 Å². The van der Waals surface area contributed by atoms with Crippen molar-refractivity contribution in [1.29, 1.82) is 5.41 Å². The number of benzene rings is 3. The molecule has 9 heteroatoms. The van der Waals surface area contributed by atoms with Crippen molar-refractivity contribution in [1.82, 2.24) is 9.62 Å². The van der Waals surface area contributed by atoms with E-state index < -0.39 is 34.0 Å². The van der Waals surface area contributed by atoms with E-state index in [-0.39, 0.29) is 17.9 Å². The molecular weight excluding hydrogens is 538 g/mol. The van der Waals surface area contributed by atoms with Crippen LogP contribution in [-0.2, 0) is 32.5 Å². The van der Waals surface area contributed by atoms with Crippen LogP contribution < -0.4 is 5.32 Å². The van der Waals surface area contributed by atoms with E-state index in [1.807, 2.05) is 43.3 Å². The van der Waals surface area contributed by atoms with Gasteiger partial charge in [-0.25, -0.2) is 13.2 Å². The Morgan fingerprint density at radius 3 is 2.39 bits per heavy atom. The smallest absolute Gasteiger partial charge is 0.326 e. The molecule has 3 N–H and O–H groups in total. The van der Waals surface area contributed by atoms with Crippen LogP contribution in [0.15, 0.2) is 83.8 Å². The zero-order valence-electron chi connectivity index (χ0n) is 23.3. The fraction of sp³-hybridized carbons (Fsp3) is 0.344. The van der Waals surface area contributed by atoms with Crippen molar-refractivity contribution in [2.45, 2.75) is 68.8 Å². The number of hydrogen-bond donors (Lipinski definition) is 3. The molecule has 1 fully saturated rings. The summed E-state index contributed by atoms with van der Waals surface area (Å²) in [5.74, 6) is -1.78. The molecule has 2 atom stereocenters. The Morgan fingerprint density at radius 2 is 1.71 bits per heavy atom. The fourth-order valence-electron chi connectivity index (χ4n) is 5.18. The second kappa shape index (κ2) is 13.7. The summed E-state index contributed by atoms with van der Waals surface area (Å²) in [5, 5.41) is 20.0. The van der Waals surface area contributed by atoms with Crippen LogP contribution in [0.5, 0.6) is 0 Å². The van der Waals surface area contributed by atoms with E-state index in [0.29, 0.717) is 18.6 Å². The van der Waals surface area contributed by atoms with E-state index in [4.69, 9.17) is 5.41 Å². The predicted octanol–water partition coefficient (Wildman–Crippen LogP) is 5.07. The van der Waals surface area contributed by atoms with Crippen molar-refractivity contribution in [2.75, 3.05) is 6.54 Å². The van der Waals surface area contributed by atoms with Crippen molar-refractivity contribution in [3.05, 3.63) is 90.0 Å². The van der Waals surface area contributed by atoms with Gasteiger partial charge in [0.2, 0.25) is 15.9 Å². The summed E-state index contributed by atoms with van der Waals surface area (Å²) in [5.41, 5.74) is 4.77. The van der Waals surface area contributed by atoms with E-state index in [9.17, 15) is 23.1 Å². The van der Waals surface area contributed by atoms with Gasteiger partial charge in [-0.15, -0.1) is 0 Å². The highest BCUT2D eigenvalue weighted by Crippen LogP contribution is 2.27. The third-order valence-corrected chi connectivity index (χ3v) is 9.31. The summed E-state index contributed by atoms with van der Waals surface area (Å²) in [6, 6.07) is 21.7. The standard InChI is InChI=1S/C32H37N3O5S/c1-23(33)9-5-6-10-24-11-7-12-27(21-24)26-18-16-25(17-19-26)22-29(32(37)38)34-31(36)30-15-8-20-35(30)41(39,40)28-13-3-2-4-14-28/h2-4,7,11-14,16-19,21,29-30,33H,5-6,8-10,15,20,22H2,1H3,(H,34,36)(H,37,38)/t29?,30-/m0/s1. The lowest BCUT2D eigenvalue weighted by molar-refractivity contribution is -0.142. The SMILES string of the molecule is CC(=N)CCCCc1cccc(-c2ccc(CC(NC(=O)[C@@H]3CCCN3S(=O)(=O)c3ccccc3)C(=O)O)cc2)c1. The van der Waals surface area contributed by atoms with Crippen LogP contribution in [0.1, 0.15) is 50.2 Å². The Hall–Kier alpha value is -3.82. The molecule has 1 aliphatic rings. The van der Waals surface area contributed by atoms with Gasteiger partial charge in [-0.3, -0.25) is 4.79 Å². The second-order valence-corrected chi connectivity index (χ2v) is 12.5. The summed E-state index contributed by atoms with van der Waals surface area (Å²) in [4.78, 5) is 25.3. The second-order valence-electron chi connectivity index (χ2n) is 10.6. The average Bonchev–Trinajstić information content (AvgIpc) is 3.47.